The lowest BCUT2D eigenvalue weighted by atomic mass is 9.98. The number of rotatable bonds is 50. The molecule has 0 fully saturated rings. The highest BCUT2D eigenvalue weighted by Gasteiger charge is 2.29. The number of fused-ring (bicyclic) bond motifs is 3. The topological polar surface area (TPSA) is 158 Å². The van der Waals surface area contributed by atoms with Crippen molar-refractivity contribution in [1.29, 1.82) is 0 Å². The van der Waals surface area contributed by atoms with Crippen molar-refractivity contribution in [1.82, 2.24) is 5.32 Å². The first kappa shape index (κ1) is 58.5. The number of nitrogens with one attached hydrogen (secondary N) is 1. The molecule has 2 aromatic carbocycles. The molecule has 1 aliphatic rings. The Kier molecular flexibility index (Phi) is 38.8. The van der Waals surface area contributed by atoms with Gasteiger partial charge in [0.05, 0.1) is 165 Å². The van der Waals surface area contributed by atoms with Gasteiger partial charge < -0.3 is 71.6 Å². The van der Waals surface area contributed by atoms with Crippen LogP contribution in [-0.2, 0) is 66.3 Å². The van der Waals surface area contributed by atoms with E-state index in [9.17, 15) is 4.79 Å². The lowest BCUT2D eigenvalue weighted by Gasteiger charge is -2.14. The van der Waals surface area contributed by atoms with Crippen LogP contribution in [0.4, 0.5) is 4.79 Å². The summed E-state index contributed by atoms with van der Waals surface area (Å²) in [5.74, 6) is 0.0343. The number of carbonyl (C=O) groups is 1. The molecule has 2 aromatic rings. The highest BCUT2D eigenvalue weighted by Crippen LogP contribution is 2.44. The second-order valence-electron chi connectivity index (χ2n) is 15.7. The highest BCUT2D eigenvalue weighted by molar-refractivity contribution is 5.79. The molecule has 67 heavy (non-hydrogen) atoms. The molecule has 3 rings (SSSR count). The number of unbranched alkanes of at least 4 members (excludes halogenated alkanes) is 7. The van der Waals surface area contributed by atoms with E-state index in [-0.39, 0.29) is 12.5 Å². The molecule has 0 saturated heterocycles. The van der Waals surface area contributed by atoms with Gasteiger partial charge in [0, 0.05) is 19.1 Å². The Morgan fingerprint density at radius 2 is 0.657 bits per heavy atom. The molecular formula is C51H85NO15. The van der Waals surface area contributed by atoms with Crippen molar-refractivity contribution in [3.05, 3.63) is 59.7 Å². The predicted octanol–water partition coefficient (Wildman–Crippen LogP) is 6.88. The zero-order valence-electron chi connectivity index (χ0n) is 40.8. The average molecular weight is 952 g/mol. The predicted molar refractivity (Wildman–Crippen MR) is 256 cm³/mol. The number of ether oxygens (including phenoxy) is 14. The van der Waals surface area contributed by atoms with E-state index in [1.54, 1.807) is 0 Å². The molecule has 0 unspecified atom stereocenters. The Balaban J connectivity index is 0.895. The van der Waals surface area contributed by atoms with Crippen LogP contribution in [0, 0.1) is 0 Å². The molecule has 0 bridgehead atoms. The van der Waals surface area contributed by atoms with Crippen molar-refractivity contribution < 1.29 is 71.1 Å². The second kappa shape index (κ2) is 44.4. The summed E-state index contributed by atoms with van der Waals surface area (Å²) in [6, 6.07) is 16.5. The number of carbonyl (C=O) groups excluding carboxylic acids is 1. The van der Waals surface area contributed by atoms with Gasteiger partial charge in [0.1, 0.15) is 6.61 Å². The average Bonchev–Trinajstić information content (AvgIpc) is 3.67. The second-order valence-corrected chi connectivity index (χ2v) is 15.7. The third-order valence-electron chi connectivity index (χ3n) is 10.5. The lowest BCUT2D eigenvalue weighted by molar-refractivity contribution is -0.0290. The summed E-state index contributed by atoms with van der Waals surface area (Å²) in [7, 11) is 0. The van der Waals surface area contributed by atoms with Crippen molar-refractivity contribution in [2.24, 2.45) is 0 Å². The molecule has 16 nitrogen and oxygen atoms in total. The Labute approximate surface area is 401 Å². The van der Waals surface area contributed by atoms with E-state index in [1.165, 1.54) is 67.2 Å². The Bertz CT molecular complexity index is 1360. The third kappa shape index (κ3) is 31.8. The van der Waals surface area contributed by atoms with E-state index in [2.05, 4.69) is 36.5 Å². The Hall–Kier alpha value is -2.81. The summed E-state index contributed by atoms with van der Waals surface area (Å²) in [5, 5.41) is 2.75. The molecule has 0 spiro atoms. The Morgan fingerprint density at radius 3 is 1.00 bits per heavy atom. The van der Waals surface area contributed by atoms with E-state index in [0.717, 1.165) is 13.0 Å². The number of hydrogen-bond acceptors (Lipinski definition) is 15. The van der Waals surface area contributed by atoms with E-state index in [0.29, 0.717) is 172 Å². The van der Waals surface area contributed by atoms with Crippen molar-refractivity contribution >= 4 is 6.09 Å². The fraction of sp³-hybridized carbons (Fsp3) is 0.745. The highest BCUT2D eigenvalue weighted by atomic mass is 16.6. The van der Waals surface area contributed by atoms with Crippen LogP contribution in [0.5, 0.6) is 0 Å². The van der Waals surface area contributed by atoms with Crippen LogP contribution in [-0.4, -0.2) is 191 Å². The molecule has 16 heteroatoms. The maximum absolute atomic E-state index is 12.3. The van der Waals surface area contributed by atoms with Gasteiger partial charge >= 0.3 is 6.09 Å². The molecule has 0 heterocycles. The zero-order valence-corrected chi connectivity index (χ0v) is 40.8. The molecule has 0 aliphatic heterocycles. The minimum Gasteiger partial charge on any atom is -0.449 e. The van der Waals surface area contributed by atoms with E-state index in [1.807, 2.05) is 24.3 Å². The van der Waals surface area contributed by atoms with E-state index >= 15 is 0 Å². The fourth-order valence-corrected chi connectivity index (χ4v) is 6.95. The van der Waals surface area contributed by atoms with Crippen LogP contribution in [0.3, 0.4) is 0 Å². The molecular weight excluding hydrogens is 867 g/mol. The van der Waals surface area contributed by atoms with Gasteiger partial charge in [-0.15, -0.1) is 0 Å². The number of amides is 1. The molecule has 384 valence electrons. The number of alkyl carbamates (subject to hydrolysis) is 1. The molecule has 1 amide bonds. The van der Waals surface area contributed by atoms with E-state index < -0.39 is 6.09 Å². The minimum atomic E-state index is -0.453. The summed E-state index contributed by atoms with van der Waals surface area (Å²) in [6.45, 7) is 16.2. The van der Waals surface area contributed by atoms with Crippen molar-refractivity contribution in [2.75, 3.05) is 185 Å². The van der Waals surface area contributed by atoms with E-state index in [4.69, 9.17) is 66.3 Å². The van der Waals surface area contributed by atoms with Gasteiger partial charge in [-0.25, -0.2) is 4.79 Å². The smallest absolute Gasteiger partial charge is 0.407 e. The standard InChI is InChI=1S/C51H85NO15/c1-2-3-4-5-6-7-8-13-19-54-21-23-56-25-27-58-29-31-60-33-35-62-37-39-64-41-43-66-44-42-65-40-38-63-36-34-61-32-30-59-28-26-57-24-22-55-20-18-52-51(53)67-45-50-48-16-11-9-14-46(48)47-15-10-12-17-49(47)50/h9-12,14-17,50H,2-8,13,18-45H2,1H3,(H,52,53). The maximum Gasteiger partial charge on any atom is 0.407 e. The van der Waals surface area contributed by atoms with Crippen molar-refractivity contribution in [3.63, 3.8) is 0 Å². The first-order chi connectivity index (χ1) is 33.3. The molecule has 1 aliphatic carbocycles. The van der Waals surface area contributed by atoms with Gasteiger partial charge in [0.15, 0.2) is 0 Å². The van der Waals surface area contributed by atoms with Crippen LogP contribution in [0.25, 0.3) is 11.1 Å². The normalized spacial score (nSPS) is 12.2. The van der Waals surface area contributed by atoms with Gasteiger partial charge in [-0.3, -0.25) is 0 Å². The summed E-state index contributed by atoms with van der Waals surface area (Å²) in [6.07, 6.45) is 10.0. The molecule has 0 radical (unpaired) electrons. The summed E-state index contributed by atoms with van der Waals surface area (Å²) >= 11 is 0. The summed E-state index contributed by atoms with van der Waals surface area (Å²) in [5.41, 5.74) is 4.77. The quantitative estimate of drug-likeness (QED) is 0.0684. The van der Waals surface area contributed by atoms with Crippen molar-refractivity contribution in [3.8, 4) is 11.1 Å². The first-order valence-corrected chi connectivity index (χ1v) is 24.9. The number of hydrogen-bond donors (Lipinski definition) is 1. The molecule has 1 N–H and O–H groups in total. The van der Waals surface area contributed by atoms with Crippen LogP contribution < -0.4 is 5.32 Å². The van der Waals surface area contributed by atoms with Gasteiger partial charge in [-0.2, -0.15) is 0 Å². The molecule has 0 atom stereocenters. The lowest BCUT2D eigenvalue weighted by Crippen LogP contribution is -2.29. The van der Waals surface area contributed by atoms with Crippen LogP contribution >= 0.6 is 0 Å². The Morgan fingerprint density at radius 1 is 0.373 bits per heavy atom. The fourth-order valence-electron chi connectivity index (χ4n) is 6.95. The van der Waals surface area contributed by atoms with Crippen LogP contribution in [0.15, 0.2) is 48.5 Å². The van der Waals surface area contributed by atoms with Gasteiger partial charge in [-0.05, 0) is 28.7 Å². The minimum absolute atomic E-state index is 0.0343. The van der Waals surface area contributed by atoms with Crippen molar-refractivity contribution in [2.45, 2.75) is 64.2 Å². The van der Waals surface area contributed by atoms with Crippen LogP contribution in [0.2, 0.25) is 0 Å². The first-order valence-electron chi connectivity index (χ1n) is 24.9. The maximum atomic E-state index is 12.3. The van der Waals surface area contributed by atoms with Gasteiger partial charge in [0.2, 0.25) is 0 Å². The monoisotopic (exact) mass is 952 g/mol. The SMILES string of the molecule is CCCCCCCCCCOCCOCCOCCOCCOCCOCCOCCOCCOCCOCCOCCOCCOCCNC(=O)OCC1c2ccccc2-c2ccccc21. The number of benzene rings is 2. The van der Waals surface area contributed by atoms with Gasteiger partial charge in [0.25, 0.3) is 0 Å². The van der Waals surface area contributed by atoms with Gasteiger partial charge in [-0.1, -0.05) is 100 Å². The largest absolute Gasteiger partial charge is 0.449 e. The van der Waals surface area contributed by atoms with Crippen LogP contribution in [0.1, 0.15) is 75.3 Å². The summed E-state index contributed by atoms with van der Waals surface area (Å²) in [4.78, 5) is 12.3. The third-order valence-corrected chi connectivity index (χ3v) is 10.5. The summed E-state index contributed by atoms with van der Waals surface area (Å²) < 4.78 is 77.5. The molecule has 0 saturated carbocycles. The molecule has 0 aromatic heterocycles. The zero-order chi connectivity index (χ0) is 47.2.